The third kappa shape index (κ3) is 3.56. The van der Waals surface area contributed by atoms with Crippen molar-refractivity contribution < 1.29 is 19.4 Å². The van der Waals surface area contributed by atoms with Gasteiger partial charge >= 0.3 is 0 Å². The minimum absolute atomic E-state index is 0.0756. The van der Waals surface area contributed by atoms with E-state index in [1.54, 1.807) is 25.3 Å². The van der Waals surface area contributed by atoms with Crippen LogP contribution in [0.3, 0.4) is 0 Å². The Bertz CT molecular complexity index is 1240. The Morgan fingerprint density at radius 3 is 2.28 bits per heavy atom. The molecule has 1 amide bonds. The Hall–Kier alpha value is -3.86. The number of carbonyl (C=O) groups excluding carboxylic acids is 2. The third-order valence-electron chi connectivity index (χ3n) is 5.85. The number of anilines is 1. The Morgan fingerprint density at radius 1 is 0.906 bits per heavy atom. The smallest absolute Gasteiger partial charge is 0.300 e. The van der Waals surface area contributed by atoms with E-state index in [0.717, 1.165) is 22.3 Å². The number of rotatable bonds is 4. The number of ketones is 1. The SMILES string of the molecule is COc1ccc(/C(O)=C2/C(=O)C(=O)N(c3cc(C)ccc3C)C2c2ccccc2)cc1C. The van der Waals surface area contributed by atoms with Crippen LogP contribution < -0.4 is 9.64 Å². The second kappa shape index (κ2) is 8.35. The lowest BCUT2D eigenvalue weighted by molar-refractivity contribution is -0.132. The number of benzene rings is 3. The first-order valence-corrected chi connectivity index (χ1v) is 10.4. The normalized spacial score (nSPS) is 17.6. The van der Waals surface area contributed by atoms with Crippen molar-refractivity contribution in [3.63, 3.8) is 0 Å². The van der Waals surface area contributed by atoms with Gasteiger partial charge < -0.3 is 9.84 Å². The lowest BCUT2D eigenvalue weighted by Gasteiger charge is -2.27. The van der Waals surface area contributed by atoms with Crippen LogP contribution in [-0.2, 0) is 9.59 Å². The number of carbonyl (C=O) groups is 2. The number of Topliss-reactive ketones (excluding diaryl/α,β-unsaturated/α-hetero) is 1. The second-order valence-electron chi connectivity index (χ2n) is 8.05. The van der Waals surface area contributed by atoms with Crippen LogP contribution in [0.2, 0.25) is 0 Å². The predicted molar refractivity (Wildman–Crippen MR) is 125 cm³/mol. The molecule has 162 valence electrons. The summed E-state index contributed by atoms with van der Waals surface area (Å²) in [4.78, 5) is 28.0. The van der Waals surface area contributed by atoms with Crippen LogP contribution in [0.15, 0.2) is 72.3 Å². The molecule has 0 bridgehead atoms. The first kappa shape index (κ1) is 21.4. The van der Waals surface area contributed by atoms with Crippen molar-refractivity contribution in [2.24, 2.45) is 0 Å². The van der Waals surface area contributed by atoms with Crippen LogP contribution in [0.25, 0.3) is 5.76 Å². The van der Waals surface area contributed by atoms with Crippen LogP contribution in [0.5, 0.6) is 5.75 Å². The van der Waals surface area contributed by atoms with Gasteiger partial charge in [-0.15, -0.1) is 0 Å². The molecule has 0 radical (unpaired) electrons. The summed E-state index contributed by atoms with van der Waals surface area (Å²) in [5.41, 5.74) is 4.61. The summed E-state index contributed by atoms with van der Waals surface area (Å²) in [5.74, 6) is -0.877. The van der Waals surface area contributed by atoms with Crippen LogP contribution in [0, 0.1) is 20.8 Å². The van der Waals surface area contributed by atoms with Gasteiger partial charge in [0.25, 0.3) is 11.7 Å². The monoisotopic (exact) mass is 427 g/mol. The Morgan fingerprint density at radius 2 is 1.62 bits per heavy atom. The molecule has 5 heteroatoms. The average molecular weight is 428 g/mol. The molecule has 1 heterocycles. The Labute approximate surface area is 187 Å². The zero-order chi connectivity index (χ0) is 23.0. The average Bonchev–Trinajstić information content (AvgIpc) is 3.06. The number of hydrogen-bond donors (Lipinski definition) is 1. The molecule has 1 aliphatic rings. The van der Waals surface area contributed by atoms with E-state index in [1.807, 2.05) is 69.3 Å². The van der Waals surface area contributed by atoms with Gasteiger partial charge in [0.15, 0.2) is 0 Å². The molecule has 32 heavy (non-hydrogen) atoms. The fraction of sp³-hybridized carbons (Fsp3) is 0.185. The highest BCUT2D eigenvalue weighted by Crippen LogP contribution is 2.43. The Balaban J connectivity index is 1.96. The summed E-state index contributed by atoms with van der Waals surface area (Å²) in [6.45, 7) is 5.71. The van der Waals surface area contributed by atoms with E-state index >= 15 is 0 Å². The molecule has 3 aromatic rings. The largest absolute Gasteiger partial charge is 0.507 e. The standard InChI is InChI=1S/C27H25NO4/c1-16-10-11-17(2)21(14-16)28-24(19-8-6-5-7-9-19)23(26(30)27(28)31)25(29)20-12-13-22(32-4)18(3)15-20/h5-15,24,29H,1-4H3/b25-23-. The summed E-state index contributed by atoms with van der Waals surface area (Å²) >= 11 is 0. The lowest BCUT2D eigenvalue weighted by Crippen LogP contribution is -2.30. The highest BCUT2D eigenvalue weighted by molar-refractivity contribution is 6.51. The van der Waals surface area contributed by atoms with Crippen LogP contribution in [0.1, 0.15) is 33.9 Å². The van der Waals surface area contributed by atoms with E-state index in [1.165, 1.54) is 4.90 Å². The topological polar surface area (TPSA) is 66.8 Å². The van der Waals surface area contributed by atoms with Gasteiger partial charge in [0.2, 0.25) is 0 Å². The van der Waals surface area contributed by atoms with Crippen LogP contribution in [0.4, 0.5) is 5.69 Å². The number of aryl methyl sites for hydroxylation is 3. The van der Waals surface area contributed by atoms with Crippen molar-refractivity contribution >= 4 is 23.1 Å². The van der Waals surface area contributed by atoms with Gasteiger partial charge in [-0.1, -0.05) is 42.5 Å². The lowest BCUT2D eigenvalue weighted by atomic mass is 9.94. The fourth-order valence-electron chi connectivity index (χ4n) is 4.19. The van der Waals surface area contributed by atoms with Crippen molar-refractivity contribution in [3.8, 4) is 5.75 Å². The van der Waals surface area contributed by atoms with E-state index in [0.29, 0.717) is 17.0 Å². The first-order chi connectivity index (χ1) is 15.3. The molecule has 3 aromatic carbocycles. The molecule has 0 spiro atoms. The number of ether oxygens (including phenoxy) is 1. The zero-order valence-corrected chi connectivity index (χ0v) is 18.5. The molecule has 1 aliphatic heterocycles. The molecule has 5 nitrogen and oxygen atoms in total. The minimum atomic E-state index is -0.737. The van der Waals surface area contributed by atoms with Crippen molar-refractivity contribution in [1.29, 1.82) is 0 Å². The summed E-state index contributed by atoms with van der Waals surface area (Å²) in [5, 5.41) is 11.3. The van der Waals surface area contributed by atoms with Gasteiger partial charge in [-0.05, 0) is 67.3 Å². The summed E-state index contributed by atoms with van der Waals surface area (Å²) in [6.07, 6.45) is 0. The van der Waals surface area contributed by atoms with Crippen molar-refractivity contribution in [3.05, 3.63) is 100 Å². The maximum Gasteiger partial charge on any atom is 0.300 e. The molecule has 1 fully saturated rings. The van der Waals surface area contributed by atoms with E-state index in [4.69, 9.17) is 4.74 Å². The second-order valence-corrected chi connectivity index (χ2v) is 8.05. The predicted octanol–water partition coefficient (Wildman–Crippen LogP) is 5.25. The van der Waals surface area contributed by atoms with E-state index in [2.05, 4.69) is 0 Å². The van der Waals surface area contributed by atoms with Crippen LogP contribution >= 0.6 is 0 Å². The van der Waals surface area contributed by atoms with Gasteiger partial charge in [0.05, 0.1) is 18.7 Å². The molecule has 1 saturated heterocycles. The molecular formula is C27H25NO4. The van der Waals surface area contributed by atoms with Gasteiger partial charge in [0, 0.05) is 11.3 Å². The van der Waals surface area contributed by atoms with Gasteiger partial charge in [-0.25, -0.2) is 0 Å². The van der Waals surface area contributed by atoms with Crippen LogP contribution in [-0.4, -0.2) is 23.9 Å². The number of aliphatic hydroxyl groups excluding tert-OH is 1. The minimum Gasteiger partial charge on any atom is -0.507 e. The summed E-state index contributed by atoms with van der Waals surface area (Å²) in [7, 11) is 1.58. The van der Waals surface area contributed by atoms with Crippen molar-refractivity contribution in [1.82, 2.24) is 0 Å². The maximum absolute atomic E-state index is 13.3. The molecule has 0 aromatic heterocycles. The number of aliphatic hydroxyl groups is 1. The molecule has 1 N–H and O–H groups in total. The summed E-state index contributed by atoms with van der Waals surface area (Å²) < 4.78 is 5.31. The molecular weight excluding hydrogens is 402 g/mol. The highest BCUT2D eigenvalue weighted by Gasteiger charge is 2.47. The first-order valence-electron chi connectivity index (χ1n) is 10.4. The molecule has 0 aliphatic carbocycles. The van der Waals surface area contributed by atoms with Crippen molar-refractivity contribution in [2.75, 3.05) is 12.0 Å². The van der Waals surface area contributed by atoms with E-state index in [9.17, 15) is 14.7 Å². The number of amides is 1. The van der Waals surface area contributed by atoms with Gasteiger partial charge in [-0.3, -0.25) is 14.5 Å². The number of nitrogens with zero attached hydrogens (tertiary/aromatic N) is 1. The van der Waals surface area contributed by atoms with E-state index < -0.39 is 17.7 Å². The fourth-order valence-corrected chi connectivity index (χ4v) is 4.19. The summed E-state index contributed by atoms with van der Waals surface area (Å²) in [6, 6.07) is 19.5. The van der Waals surface area contributed by atoms with Gasteiger partial charge in [0.1, 0.15) is 11.5 Å². The zero-order valence-electron chi connectivity index (χ0n) is 18.5. The third-order valence-corrected chi connectivity index (χ3v) is 5.85. The van der Waals surface area contributed by atoms with Crippen molar-refractivity contribution in [2.45, 2.75) is 26.8 Å². The number of methoxy groups -OCH3 is 1. The van der Waals surface area contributed by atoms with Gasteiger partial charge in [-0.2, -0.15) is 0 Å². The highest BCUT2D eigenvalue weighted by atomic mass is 16.5. The Kier molecular flexibility index (Phi) is 5.57. The molecule has 1 unspecified atom stereocenters. The molecule has 4 rings (SSSR count). The maximum atomic E-state index is 13.3. The quantitative estimate of drug-likeness (QED) is 0.351. The molecule has 0 saturated carbocycles. The number of hydrogen-bond acceptors (Lipinski definition) is 4. The molecule has 1 atom stereocenters. The van der Waals surface area contributed by atoms with E-state index in [-0.39, 0.29) is 11.3 Å².